The van der Waals surface area contributed by atoms with Crippen LogP contribution in [0.4, 0.5) is 0 Å². The van der Waals surface area contributed by atoms with E-state index in [1.807, 2.05) is 16.9 Å². The van der Waals surface area contributed by atoms with Crippen molar-refractivity contribution in [2.75, 3.05) is 6.54 Å². The second kappa shape index (κ2) is 6.70. The molecule has 0 bridgehead atoms. The van der Waals surface area contributed by atoms with Crippen molar-refractivity contribution in [1.82, 2.24) is 14.7 Å². The summed E-state index contributed by atoms with van der Waals surface area (Å²) in [4.78, 5) is 13.2. The Bertz CT molecular complexity index is 417. The van der Waals surface area contributed by atoms with Crippen LogP contribution in [0.1, 0.15) is 44.7 Å². The first-order valence-electron chi connectivity index (χ1n) is 7.17. The highest BCUT2D eigenvalue weighted by Crippen LogP contribution is 2.22. The predicted octanol–water partition coefficient (Wildman–Crippen LogP) is 2.12. The van der Waals surface area contributed by atoms with Crippen molar-refractivity contribution in [1.29, 1.82) is 0 Å². The van der Waals surface area contributed by atoms with E-state index in [9.17, 15) is 4.79 Å². The summed E-state index contributed by atoms with van der Waals surface area (Å²) < 4.78 is 2.03. The molecule has 0 spiro atoms. The molecule has 5 nitrogen and oxygen atoms in total. The number of likely N-dealkylation sites (tertiary alicyclic amines) is 1. The SMILES string of the molecule is CCCn1nccc1CN1CCCCC1CC(=O)O. The van der Waals surface area contributed by atoms with E-state index >= 15 is 0 Å². The lowest BCUT2D eigenvalue weighted by Crippen LogP contribution is -2.40. The number of piperidine rings is 1. The molecule has 1 saturated heterocycles. The van der Waals surface area contributed by atoms with E-state index in [1.165, 1.54) is 5.69 Å². The Morgan fingerprint density at radius 2 is 2.37 bits per heavy atom. The minimum Gasteiger partial charge on any atom is -0.481 e. The first kappa shape index (κ1) is 14.1. The standard InChI is InChI=1S/C14H23N3O2/c1-2-8-17-13(6-7-15-17)11-16-9-4-3-5-12(16)10-14(18)19/h6-7,12H,2-5,8-11H2,1H3,(H,18,19). The summed E-state index contributed by atoms with van der Waals surface area (Å²) in [6, 6.07) is 2.22. The molecule has 1 aromatic rings. The second-order valence-corrected chi connectivity index (χ2v) is 5.26. The van der Waals surface area contributed by atoms with Crippen LogP contribution in [0.2, 0.25) is 0 Å². The monoisotopic (exact) mass is 265 g/mol. The zero-order valence-electron chi connectivity index (χ0n) is 11.6. The molecule has 0 aliphatic carbocycles. The van der Waals surface area contributed by atoms with Gasteiger partial charge >= 0.3 is 5.97 Å². The van der Waals surface area contributed by atoms with Gasteiger partial charge in [-0.15, -0.1) is 0 Å². The molecule has 0 radical (unpaired) electrons. The van der Waals surface area contributed by atoms with Crippen LogP contribution in [0.15, 0.2) is 12.3 Å². The molecular weight excluding hydrogens is 242 g/mol. The minimum absolute atomic E-state index is 0.177. The molecule has 19 heavy (non-hydrogen) atoms. The Morgan fingerprint density at radius 3 is 3.11 bits per heavy atom. The van der Waals surface area contributed by atoms with Crippen molar-refractivity contribution < 1.29 is 9.90 Å². The summed E-state index contributed by atoms with van der Waals surface area (Å²) in [5, 5.41) is 13.3. The molecule has 1 aromatic heterocycles. The summed E-state index contributed by atoms with van der Waals surface area (Å²) in [5.41, 5.74) is 1.19. The summed E-state index contributed by atoms with van der Waals surface area (Å²) in [6.07, 6.45) is 6.45. The first-order chi connectivity index (χ1) is 9.20. The molecule has 1 atom stereocenters. The van der Waals surface area contributed by atoms with Gasteiger partial charge in [0.25, 0.3) is 0 Å². The molecule has 2 rings (SSSR count). The number of carboxylic acids is 1. The van der Waals surface area contributed by atoms with Crippen molar-refractivity contribution in [3.05, 3.63) is 18.0 Å². The minimum atomic E-state index is -0.695. The molecule has 0 aromatic carbocycles. The molecular formula is C14H23N3O2. The third-order valence-corrected chi connectivity index (χ3v) is 3.76. The second-order valence-electron chi connectivity index (χ2n) is 5.26. The number of hydrogen-bond donors (Lipinski definition) is 1. The molecule has 0 saturated carbocycles. The van der Waals surface area contributed by atoms with Crippen LogP contribution in [0, 0.1) is 0 Å². The molecule has 1 unspecified atom stereocenters. The van der Waals surface area contributed by atoms with Crippen molar-refractivity contribution in [2.45, 2.75) is 58.2 Å². The third kappa shape index (κ3) is 3.80. The number of rotatable bonds is 6. The number of carbonyl (C=O) groups is 1. The first-order valence-corrected chi connectivity index (χ1v) is 7.17. The van der Waals surface area contributed by atoms with Gasteiger partial charge in [0.1, 0.15) is 0 Å². The van der Waals surface area contributed by atoms with E-state index in [0.29, 0.717) is 0 Å². The number of aliphatic carboxylic acids is 1. The summed E-state index contributed by atoms with van der Waals surface area (Å²) in [7, 11) is 0. The van der Waals surface area contributed by atoms with Crippen LogP contribution < -0.4 is 0 Å². The van der Waals surface area contributed by atoms with Crippen LogP contribution in [-0.4, -0.2) is 38.3 Å². The van der Waals surface area contributed by atoms with Crippen LogP contribution in [0.3, 0.4) is 0 Å². The maximum absolute atomic E-state index is 10.9. The zero-order valence-corrected chi connectivity index (χ0v) is 11.6. The van der Waals surface area contributed by atoms with Crippen molar-refractivity contribution in [2.24, 2.45) is 0 Å². The Hall–Kier alpha value is -1.36. The number of aryl methyl sites for hydroxylation is 1. The van der Waals surface area contributed by atoms with E-state index in [4.69, 9.17) is 5.11 Å². The van der Waals surface area contributed by atoms with Crippen molar-refractivity contribution in [3.63, 3.8) is 0 Å². The van der Waals surface area contributed by atoms with Gasteiger partial charge in [-0.2, -0.15) is 5.10 Å². The quantitative estimate of drug-likeness (QED) is 0.856. The fraction of sp³-hybridized carbons (Fsp3) is 0.714. The van der Waals surface area contributed by atoms with Crippen LogP contribution in [0.25, 0.3) is 0 Å². The maximum Gasteiger partial charge on any atom is 0.304 e. The van der Waals surface area contributed by atoms with Gasteiger partial charge in [-0.25, -0.2) is 0 Å². The van der Waals surface area contributed by atoms with E-state index in [0.717, 1.165) is 45.3 Å². The summed E-state index contributed by atoms with van der Waals surface area (Å²) in [6.45, 7) is 4.88. The molecule has 1 fully saturated rings. The van der Waals surface area contributed by atoms with Crippen molar-refractivity contribution >= 4 is 5.97 Å². The number of carboxylic acid groups (broad SMARTS) is 1. The fourth-order valence-corrected chi connectivity index (χ4v) is 2.82. The largest absolute Gasteiger partial charge is 0.481 e. The number of aromatic nitrogens is 2. The fourth-order valence-electron chi connectivity index (χ4n) is 2.82. The molecule has 1 aliphatic rings. The van der Waals surface area contributed by atoms with Crippen molar-refractivity contribution in [3.8, 4) is 0 Å². The van der Waals surface area contributed by atoms with Gasteiger partial charge in [-0.3, -0.25) is 14.4 Å². The van der Waals surface area contributed by atoms with Gasteiger partial charge in [0.15, 0.2) is 0 Å². The van der Waals surface area contributed by atoms with E-state index in [2.05, 4.69) is 16.9 Å². The normalized spacial score (nSPS) is 20.6. The van der Waals surface area contributed by atoms with E-state index in [1.54, 1.807) is 0 Å². The molecule has 2 heterocycles. The Labute approximate surface area is 114 Å². The number of nitrogens with zero attached hydrogens (tertiary/aromatic N) is 3. The third-order valence-electron chi connectivity index (χ3n) is 3.76. The zero-order chi connectivity index (χ0) is 13.7. The molecule has 1 N–H and O–H groups in total. The predicted molar refractivity (Wildman–Crippen MR) is 72.8 cm³/mol. The van der Waals surface area contributed by atoms with Gasteiger partial charge in [0, 0.05) is 25.3 Å². The molecule has 5 heteroatoms. The van der Waals surface area contributed by atoms with Gasteiger partial charge < -0.3 is 5.11 Å². The van der Waals surface area contributed by atoms with Gasteiger partial charge in [0.05, 0.1) is 12.1 Å². The molecule has 0 amide bonds. The lowest BCUT2D eigenvalue weighted by atomic mass is 9.99. The Morgan fingerprint density at radius 1 is 1.53 bits per heavy atom. The average molecular weight is 265 g/mol. The Balaban J connectivity index is 2.02. The topological polar surface area (TPSA) is 58.4 Å². The van der Waals surface area contributed by atoms with Crippen LogP contribution in [-0.2, 0) is 17.9 Å². The van der Waals surface area contributed by atoms with Gasteiger partial charge in [-0.1, -0.05) is 13.3 Å². The van der Waals surface area contributed by atoms with E-state index in [-0.39, 0.29) is 12.5 Å². The van der Waals surface area contributed by atoms with E-state index < -0.39 is 5.97 Å². The lowest BCUT2D eigenvalue weighted by Gasteiger charge is -2.34. The lowest BCUT2D eigenvalue weighted by molar-refractivity contribution is -0.138. The van der Waals surface area contributed by atoms with Crippen LogP contribution >= 0.6 is 0 Å². The highest BCUT2D eigenvalue weighted by Gasteiger charge is 2.25. The average Bonchev–Trinajstić information content (AvgIpc) is 2.79. The molecule has 1 aliphatic heterocycles. The summed E-state index contributed by atoms with van der Waals surface area (Å²) in [5.74, 6) is -0.695. The Kier molecular flexibility index (Phi) is 4.96. The smallest absolute Gasteiger partial charge is 0.304 e. The summed E-state index contributed by atoms with van der Waals surface area (Å²) >= 11 is 0. The van der Waals surface area contributed by atoms with Gasteiger partial charge in [0.2, 0.25) is 0 Å². The molecule has 106 valence electrons. The highest BCUT2D eigenvalue weighted by molar-refractivity contribution is 5.67. The highest BCUT2D eigenvalue weighted by atomic mass is 16.4. The number of hydrogen-bond acceptors (Lipinski definition) is 3. The maximum atomic E-state index is 10.9. The van der Waals surface area contributed by atoms with Crippen LogP contribution in [0.5, 0.6) is 0 Å². The van der Waals surface area contributed by atoms with Gasteiger partial charge in [-0.05, 0) is 31.9 Å².